The van der Waals surface area contributed by atoms with Crippen molar-refractivity contribution in [2.24, 2.45) is 0 Å². The van der Waals surface area contributed by atoms with Crippen molar-refractivity contribution in [3.63, 3.8) is 0 Å². The summed E-state index contributed by atoms with van der Waals surface area (Å²) >= 11 is 3.20. The lowest BCUT2D eigenvalue weighted by molar-refractivity contribution is -0.141. The zero-order valence-electron chi connectivity index (χ0n) is 13.5. The maximum absolute atomic E-state index is 11.7. The third kappa shape index (κ3) is 8.25. The monoisotopic (exact) mass is 412 g/mol. The second-order valence-corrected chi connectivity index (χ2v) is 5.49. The number of esters is 3. The predicted molar refractivity (Wildman–Crippen MR) is 91.1 cm³/mol. The van der Waals surface area contributed by atoms with E-state index in [1.54, 1.807) is 19.1 Å². The van der Waals surface area contributed by atoms with Crippen LogP contribution in [0.15, 0.2) is 34.8 Å². The van der Waals surface area contributed by atoms with Crippen LogP contribution < -0.4 is 4.74 Å². The highest BCUT2D eigenvalue weighted by molar-refractivity contribution is 9.10. The van der Waals surface area contributed by atoms with E-state index >= 15 is 0 Å². The molecular formula is C17H17BrO7. The zero-order chi connectivity index (χ0) is 18.7. The highest BCUT2D eigenvalue weighted by atomic mass is 79.9. The quantitative estimate of drug-likeness (QED) is 0.202. The predicted octanol–water partition coefficient (Wildman–Crippen LogP) is 2.61. The molecule has 0 radical (unpaired) electrons. The van der Waals surface area contributed by atoms with Crippen molar-refractivity contribution in [1.82, 2.24) is 0 Å². The minimum atomic E-state index is -0.704. The summed E-state index contributed by atoms with van der Waals surface area (Å²) in [6.07, 6.45) is 2.86. The van der Waals surface area contributed by atoms with E-state index in [-0.39, 0.29) is 31.8 Å². The molecule has 0 saturated heterocycles. The van der Waals surface area contributed by atoms with Gasteiger partial charge in [-0.25, -0.2) is 9.59 Å². The Balaban J connectivity index is 2.30. The van der Waals surface area contributed by atoms with Crippen LogP contribution in [0.4, 0.5) is 0 Å². The lowest BCUT2D eigenvalue weighted by Gasteiger charge is -2.06. The smallest absolute Gasteiger partial charge is 0.331 e. The summed E-state index contributed by atoms with van der Waals surface area (Å²) in [5, 5.41) is 0. The van der Waals surface area contributed by atoms with Gasteiger partial charge in [0.1, 0.15) is 5.75 Å². The van der Waals surface area contributed by atoms with Gasteiger partial charge in [0.25, 0.3) is 0 Å². The van der Waals surface area contributed by atoms with Crippen molar-refractivity contribution in [2.45, 2.75) is 19.8 Å². The van der Waals surface area contributed by atoms with E-state index in [0.717, 1.165) is 12.2 Å². The molecule has 0 atom stereocenters. The molecule has 0 unspecified atom stereocenters. The van der Waals surface area contributed by atoms with Crippen LogP contribution in [-0.2, 0) is 23.9 Å². The first-order valence-electron chi connectivity index (χ1n) is 7.43. The maximum Gasteiger partial charge on any atom is 0.331 e. The van der Waals surface area contributed by atoms with Gasteiger partial charge in [-0.2, -0.15) is 0 Å². The summed E-state index contributed by atoms with van der Waals surface area (Å²) in [4.78, 5) is 44.8. The topological polar surface area (TPSA) is 96.0 Å². The Labute approximate surface area is 153 Å². The van der Waals surface area contributed by atoms with Gasteiger partial charge in [-0.3, -0.25) is 9.59 Å². The fraction of sp³-hybridized carbons (Fsp3) is 0.294. The molecule has 0 saturated carbocycles. The molecule has 7 nitrogen and oxygen atoms in total. The number of halogens is 1. The van der Waals surface area contributed by atoms with Gasteiger partial charge in [0.05, 0.1) is 13.2 Å². The Morgan fingerprint density at radius 1 is 1.12 bits per heavy atom. The summed E-state index contributed by atoms with van der Waals surface area (Å²) in [5.74, 6) is -1.60. The van der Waals surface area contributed by atoms with E-state index in [0.29, 0.717) is 16.3 Å². The van der Waals surface area contributed by atoms with Crippen LogP contribution >= 0.6 is 15.9 Å². The molecule has 0 amide bonds. The van der Waals surface area contributed by atoms with Gasteiger partial charge in [-0.05, 0) is 31.5 Å². The number of benzene rings is 1. The fourth-order valence-electron chi connectivity index (χ4n) is 1.62. The molecule has 1 aromatic carbocycles. The van der Waals surface area contributed by atoms with Crippen molar-refractivity contribution in [2.75, 3.05) is 13.2 Å². The Morgan fingerprint density at radius 2 is 1.80 bits per heavy atom. The molecule has 0 aromatic heterocycles. The number of carbonyl (C=O) groups is 4. The van der Waals surface area contributed by atoms with Gasteiger partial charge < -0.3 is 14.2 Å². The minimum Gasteiger partial charge on any atom is -0.463 e. The standard InChI is InChI=1S/C17H17BrO7/c1-2-23-15(20)7-8-16(21)24-9-3-4-17(22)25-13-5-6-14(18)12(10-13)11-19/h5-8,10-11H,2-4,9H2,1H3. The van der Waals surface area contributed by atoms with Gasteiger partial charge in [0.2, 0.25) is 0 Å². The highest BCUT2D eigenvalue weighted by Gasteiger charge is 2.08. The van der Waals surface area contributed by atoms with Crippen LogP contribution in [-0.4, -0.2) is 37.4 Å². The normalized spacial score (nSPS) is 10.3. The molecule has 0 N–H and O–H groups in total. The van der Waals surface area contributed by atoms with E-state index in [1.807, 2.05) is 0 Å². The number of hydrogen-bond donors (Lipinski definition) is 0. The molecule has 1 aromatic rings. The molecule has 0 aliphatic rings. The van der Waals surface area contributed by atoms with E-state index in [1.165, 1.54) is 6.07 Å². The van der Waals surface area contributed by atoms with Crippen LogP contribution in [0.1, 0.15) is 30.1 Å². The summed E-state index contributed by atoms with van der Waals surface area (Å²) in [6.45, 7) is 1.87. The van der Waals surface area contributed by atoms with E-state index < -0.39 is 17.9 Å². The molecule has 134 valence electrons. The molecular weight excluding hydrogens is 396 g/mol. The number of aldehydes is 1. The molecule has 0 aliphatic heterocycles. The summed E-state index contributed by atoms with van der Waals surface area (Å²) in [5.41, 5.74) is 0.368. The second-order valence-electron chi connectivity index (χ2n) is 4.63. The van der Waals surface area contributed by atoms with Crippen LogP contribution in [0.2, 0.25) is 0 Å². The van der Waals surface area contributed by atoms with Crippen molar-refractivity contribution in [3.05, 3.63) is 40.4 Å². The van der Waals surface area contributed by atoms with Gasteiger partial charge in [-0.1, -0.05) is 15.9 Å². The molecule has 0 heterocycles. The molecule has 1 rings (SSSR count). The van der Waals surface area contributed by atoms with Crippen molar-refractivity contribution in [1.29, 1.82) is 0 Å². The molecule has 0 spiro atoms. The first-order chi connectivity index (χ1) is 12.0. The molecule has 0 aliphatic carbocycles. The SMILES string of the molecule is CCOC(=O)C=CC(=O)OCCCC(=O)Oc1ccc(Br)c(C=O)c1. The Bertz CT molecular complexity index is 667. The Morgan fingerprint density at radius 3 is 2.44 bits per heavy atom. The third-order valence-electron chi connectivity index (χ3n) is 2.74. The van der Waals surface area contributed by atoms with Gasteiger partial charge >= 0.3 is 17.9 Å². The van der Waals surface area contributed by atoms with Gasteiger partial charge in [0.15, 0.2) is 6.29 Å². The van der Waals surface area contributed by atoms with Crippen LogP contribution in [0.25, 0.3) is 0 Å². The minimum absolute atomic E-state index is 0.00102. The van der Waals surface area contributed by atoms with E-state index in [4.69, 9.17) is 9.47 Å². The largest absolute Gasteiger partial charge is 0.463 e. The number of rotatable bonds is 9. The van der Waals surface area contributed by atoms with Crippen molar-refractivity contribution in [3.8, 4) is 5.75 Å². The lowest BCUT2D eigenvalue weighted by Crippen LogP contribution is -2.11. The van der Waals surface area contributed by atoms with E-state index in [9.17, 15) is 19.2 Å². The summed E-state index contributed by atoms with van der Waals surface area (Å²) < 4.78 is 15.1. The number of hydrogen-bond acceptors (Lipinski definition) is 7. The summed E-state index contributed by atoms with van der Waals surface area (Å²) in [6, 6.07) is 4.59. The highest BCUT2D eigenvalue weighted by Crippen LogP contribution is 2.21. The van der Waals surface area contributed by atoms with Crippen molar-refractivity contribution < 1.29 is 33.4 Å². The fourth-order valence-corrected chi connectivity index (χ4v) is 1.96. The van der Waals surface area contributed by atoms with Crippen LogP contribution in [0.3, 0.4) is 0 Å². The third-order valence-corrected chi connectivity index (χ3v) is 3.46. The second kappa shape index (κ2) is 11.1. The summed E-state index contributed by atoms with van der Waals surface area (Å²) in [7, 11) is 0. The molecule has 0 fully saturated rings. The molecule has 8 heteroatoms. The van der Waals surface area contributed by atoms with Crippen LogP contribution in [0, 0.1) is 0 Å². The molecule has 0 bridgehead atoms. The lowest BCUT2D eigenvalue weighted by atomic mass is 10.2. The Hall–Kier alpha value is -2.48. The van der Waals surface area contributed by atoms with Gasteiger partial charge in [-0.15, -0.1) is 0 Å². The molecule has 25 heavy (non-hydrogen) atoms. The van der Waals surface area contributed by atoms with Crippen molar-refractivity contribution >= 4 is 40.1 Å². The average Bonchev–Trinajstić information content (AvgIpc) is 2.59. The first-order valence-corrected chi connectivity index (χ1v) is 8.22. The van der Waals surface area contributed by atoms with E-state index in [2.05, 4.69) is 20.7 Å². The van der Waals surface area contributed by atoms with Gasteiger partial charge in [0, 0.05) is 28.6 Å². The average molecular weight is 413 g/mol. The van der Waals surface area contributed by atoms with Crippen LogP contribution in [0.5, 0.6) is 5.75 Å². The first kappa shape index (κ1) is 20.6. The number of carbonyl (C=O) groups excluding carboxylic acids is 4. The number of ether oxygens (including phenoxy) is 3. The maximum atomic E-state index is 11.7. The Kier molecular flexibility index (Phi) is 9.16. The zero-order valence-corrected chi connectivity index (χ0v) is 15.1.